The van der Waals surface area contributed by atoms with E-state index in [2.05, 4.69) is 10.1 Å². The van der Waals surface area contributed by atoms with Gasteiger partial charge in [-0.05, 0) is 24.1 Å². The van der Waals surface area contributed by atoms with Gasteiger partial charge in [0.25, 0.3) is 11.4 Å². The second kappa shape index (κ2) is 10.0. The van der Waals surface area contributed by atoms with E-state index in [0.29, 0.717) is 23.7 Å². The number of nitro benzene ring substituents is 2. The fraction of sp³-hybridized carbons (Fsp3) is 0.316. The highest BCUT2D eigenvalue weighted by molar-refractivity contribution is 5.99. The van der Waals surface area contributed by atoms with Crippen molar-refractivity contribution >= 4 is 23.0 Å². The van der Waals surface area contributed by atoms with Crippen molar-refractivity contribution in [3.8, 4) is 11.5 Å². The van der Waals surface area contributed by atoms with Crippen molar-refractivity contribution in [3.05, 3.63) is 61.7 Å². The largest absolute Gasteiger partial charge is 0.493 e. The second-order valence-electron chi connectivity index (χ2n) is 6.08. The molecule has 0 radical (unpaired) electrons. The Morgan fingerprint density at radius 3 is 2.37 bits per heavy atom. The maximum absolute atomic E-state index is 12.1. The Labute approximate surface area is 171 Å². The Balaban J connectivity index is 2.41. The highest BCUT2D eigenvalue weighted by Crippen LogP contribution is 2.35. The smallest absolute Gasteiger partial charge is 0.340 e. The topological polar surface area (TPSA) is 143 Å². The van der Waals surface area contributed by atoms with Gasteiger partial charge in [0, 0.05) is 12.6 Å². The van der Waals surface area contributed by atoms with E-state index in [1.54, 1.807) is 18.2 Å². The fourth-order valence-electron chi connectivity index (χ4n) is 2.66. The van der Waals surface area contributed by atoms with Crippen LogP contribution in [0.25, 0.3) is 0 Å². The first-order valence-electron chi connectivity index (χ1n) is 8.91. The number of esters is 1. The molecule has 0 bridgehead atoms. The van der Waals surface area contributed by atoms with Crippen LogP contribution in [-0.2, 0) is 11.3 Å². The summed E-state index contributed by atoms with van der Waals surface area (Å²) in [6, 6.07) is 6.85. The predicted octanol–water partition coefficient (Wildman–Crippen LogP) is 3.70. The minimum atomic E-state index is -0.940. The quantitative estimate of drug-likeness (QED) is 0.346. The summed E-state index contributed by atoms with van der Waals surface area (Å²) < 4.78 is 15.5. The summed E-state index contributed by atoms with van der Waals surface area (Å²) in [4.78, 5) is 33.0. The van der Waals surface area contributed by atoms with Crippen LogP contribution in [0.2, 0.25) is 0 Å². The number of ether oxygens (including phenoxy) is 3. The van der Waals surface area contributed by atoms with Crippen molar-refractivity contribution in [2.75, 3.05) is 26.1 Å². The number of benzene rings is 2. The zero-order chi connectivity index (χ0) is 22.3. The van der Waals surface area contributed by atoms with Gasteiger partial charge >= 0.3 is 5.97 Å². The molecule has 160 valence electrons. The van der Waals surface area contributed by atoms with E-state index in [0.717, 1.165) is 25.7 Å². The molecule has 0 saturated heterocycles. The number of non-ortho nitro benzene ring substituents is 1. The summed E-state index contributed by atoms with van der Waals surface area (Å²) in [7, 11) is 2.57. The van der Waals surface area contributed by atoms with E-state index in [4.69, 9.17) is 9.47 Å². The molecule has 0 amide bonds. The molecule has 0 fully saturated rings. The lowest BCUT2D eigenvalue weighted by Crippen LogP contribution is -2.11. The van der Waals surface area contributed by atoms with Gasteiger partial charge in [-0.25, -0.2) is 4.79 Å². The fourth-order valence-corrected chi connectivity index (χ4v) is 2.66. The van der Waals surface area contributed by atoms with Crippen LogP contribution < -0.4 is 14.8 Å². The third-order valence-corrected chi connectivity index (χ3v) is 4.07. The molecule has 0 aromatic heterocycles. The molecule has 1 N–H and O–H groups in total. The number of nitrogens with zero attached hydrogens (tertiary/aromatic N) is 2. The molecule has 0 heterocycles. The molecule has 2 aromatic rings. The molecule has 11 nitrogen and oxygen atoms in total. The van der Waals surface area contributed by atoms with Crippen molar-refractivity contribution in [3.63, 3.8) is 0 Å². The van der Waals surface area contributed by atoms with Crippen LogP contribution in [0.15, 0.2) is 30.3 Å². The third-order valence-electron chi connectivity index (χ3n) is 4.07. The van der Waals surface area contributed by atoms with Crippen molar-refractivity contribution in [1.29, 1.82) is 0 Å². The number of nitro groups is 2. The molecule has 30 heavy (non-hydrogen) atoms. The van der Waals surface area contributed by atoms with Gasteiger partial charge < -0.3 is 19.5 Å². The highest BCUT2D eigenvalue weighted by atomic mass is 16.6. The maximum Gasteiger partial charge on any atom is 0.340 e. The Morgan fingerprint density at radius 2 is 1.80 bits per heavy atom. The zero-order valence-electron chi connectivity index (χ0n) is 16.7. The van der Waals surface area contributed by atoms with Crippen LogP contribution >= 0.6 is 0 Å². The standard InChI is InChI=1S/C19H21N3O8/c1-4-7-30-16-6-5-12(8-17(16)28-2)11-20-18-14(19(23)29-3)9-13(21(24)25)10-15(18)22(26)27/h5-6,8-10,20H,4,7,11H2,1-3H3. The van der Waals surface area contributed by atoms with E-state index < -0.39 is 27.2 Å². The number of nitrogens with one attached hydrogen (secondary N) is 1. The lowest BCUT2D eigenvalue weighted by atomic mass is 10.1. The normalized spacial score (nSPS) is 10.2. The van der Waals surface area contributed by atoms with Gasteiger partial charge in [-0.1, -0.05) is 13.0 Å². The first-order chi connectivity index (χ1) is 14.3. The molecule has 0 spiro atoms. The number of rotatable bonds is 10. The molecule has 0 atom stereocenters. The van der Waals surface area contributed by atoms with Crippen LogP contribution in [0.4, 0.5) is 17.1 Å². The Bertz CT molecular complexity index is 961. The minimum absolute atomic E-state index is 0.0765. The van der Waals surface area contributed by atoms with E-state index in [-0.39, 0.29) is 17.8 Å². The molecule has 0 aliphatic carbocycles. The van der Waals surface area contributed by atoms with Crippen LogP contribution in [0.3, 0.4) is 0 Å². The van der Waals surface area contributed by atoms with Crippen LogP contribution in [-0.4, -0.2) is 36.6 Å². The lowest BCUT2D eigenvalue weighted by molar-refractivity contribution is -0.393. The van der Waals surface area contributed by atoms with Gasteiger partial charge in [-0.3, -0.25) is 20.2 Å². The van der Waals surface area contributed by atoms with Crippen LogP contribution in [0.1, 0.15) is 29.3 Å². The van der Waals surface area contributed by atoms with Crippen LogP contribution in [0, 0.1) is 20.2 Å². The molecular weight excluding hydrogens is 398 g/mol. The molecule has 0 unspecified atom stereocenters. The van der Waals surface area contributed by atoms with Crippen LogP contribution in [0.5, 0.6) is 11.5 Å². The number of methoxy groups -OCH3 is 2. The van der Waals surface area contributed by atoms with Gasteiger partial charge in [-0.2, -0.15) is 0 Å². The molecule has 2 rings (SSSR count). The van der Waals surface area contributed by atoms with E-state index in [1.807, 2.05) is 6.92 Å². The summed E-state index contributed by atoms with van der Waals surface area (Å²) in [5.74, 6) is 0.0963. The van der Waals surface area contributed by atoms with E-state index >= 15 is 0 Å². The zero-order valence-corrected chi connectivity index (χ0v) is 16.7. The SMILES string of the molecule is CCCOc1ccc(CNc2c(C(=O)OC)cc([N+](=O)[O-])cc2[N+](=O)[O-])cc1OC. The highest BCUT2D eigenvalue weighted by Gasteiger charge is 2.28. The van der Waals surface area contributed by atoms with Gasteiger partial charge in [0.15, 0.2) is 11.5 Å². The molecule has 0 aliphatic heterocycles. The van der Waals surface area contributed by atoms with Gasteiger partial charge in [0.05, 0.1) is 42.3 Å². The second-order valence-corrected chi connectivity index (χ2v) is 6.08. The predicted molar refractivity (Wildman–Crippen MR) is 107 cm³/mol. The minimum Gasteiger partial charge on any atom is -0.493 e. The van der Waals surface area contributed by atoms with Crippen molar-refractivity contribution in [2.24, 2.45) is 0 Å². The summed E-state index contributed by atoms with van der Waals surface area (Å²) >= 11 is 0. The van der Waals surface area contributed by atoms with Gasteiger partial charge in [0.1, 0.15) is 5.69 Å². The molecule has 11 heteroatoms. The number of anilines is 1. The first kappa shape index (κ1) is 22.4. The summed E-state index contributed by atoms with van der Waals surface area (Å²) in [6.07, 6.45) is 0.826. The Hall–Kier alpha value is -3.89. The Kier molecular flexibility index (Phi) is 7.50. The molecule has 0 aliphatic rings. The van der Waals surface area contributed by atoms with Crippen molar-refractivity contribution in [1.82, 2.24) is 0 Å². The summed E-state index contributed by atoms with van der Waals surface area (Å²) in [5.41, 5.74) is -1.01. The van der Waals surface area contributed by atoms with Gasteiger partial charge in [0.2, 0.25) is 0 Å². The van der Waals surface area contributed by atoms with Crippen molar-refractivity contribution < 1.29 is 28.9 Å². The average molecular weight is 419 g/mol. The number of carbonyl (C=O) groups is 1. The lowest BCUT2D eigenvalue weighted by Gasteiger charge is -2.14. The summed E-state index contributed by atoms with van der Waals surface area (Å²) in [6.45, 7) is 2.57. The molecule has 0 saturated carbocycles. The number of hydrogen-bond acceptors (Lipinski definition) is 9. The van der Waals surface area contributed by atoms with E-state index in [9.17, 15) is 25.0 Å². The monoisotopic (exact) mass is 419 g/mol. The van der Waals surface area contributed by atoms with Crippen molar-refractivity contribution in [2.45, 2.75) is 19.9 Å². The number of hydrogen-bond donors (Lipinski definition) is 1. The van der Waals surface area contributed by atoms with E-state index in [1.165, 1.54) is 7.11 Å². The molecule has 2 aromatic carbocycles. The first-order valence-corrected chi connectivity index (χ1v) is 8.91. The molecular formula is C19H21N3O8. The maximum atomic E-state index is 12.1. The Morgan fingerprint density at radius 1 is 1.07 bits per heavy atom. The summed E-state index contributed by atoms with van der Waals surface area (Å²) in [5, 5.41) is 25.4. The average Bonchev–Trinajstić information content (AvgIpc) is 2.74. The third kappa shape index (κ3) is 5.13. The van der Waals surface area contributed by atoms with Gasteiger partial charge in [-0.15, -0.1) is 0 Å². The number of carbonyl (C=O) groups excluding carboxylic acids is 1.